The number of hydrogen-bond donors (Lipinski definition) is 3. The Hall–Kier alpha value is -0.650. The van der Waals surface area contributed by atoms with E-state index in [1.165, 1.54) is 0 Å². The summed E-state index contributed by atoms with van der Waals surface area (Å²) < 4.78 is 5.61. The van der Waals surface area contributed by atoms with E-state index in [2.05, 4.69) is 0 Å². The monoisotopic (exact) mass is 272 g/mol. The van der Waals surface area contributed by atoms with E-state index in [0.29, 0.717) is 11.6 Å². The van der Waals surface area contributed by atoms with Gasteiger partial charge in [0.2, 0.25) is 0 Å². The number of rotatable bonds is 4. The third kappa shape index (κ3) is 3.02. The molecule has 1 heterocycles. The summed E-state index contributed by atoms with van der Waals surface area (Å²) in [7, 11) is 0. The molecule has 3 unspecified atom stereocenters. The van der Waals surface area contributed by atoms with Crippen LogP contribution >= 0.6 is 11.6 Å². The van der Waals surface area contributed by atoms with E-state index < -0.39 is 18.8 Å². The molecule has 1 aromatic carbocycles. The van der Waals surface area contributed by atoms with Gasteiger partial charge in [-0.2, -0.15) is 0 Å². The second kappa shape index (κ2) is 5.99. The Morgan fingerprint density at radius 2 is 2.11 bits per heavy atom. The maximum Gasteiger partial charge on any atom is 0.103 e. The Morgan fingerprint density at radius 3 is 2.83 bits per heavy atom. The fraction of sp³-hybridized carbons (Fsp3) is 0.538. The Kier molecular flexibility index (Phi) is 4.59. The molecule has 0 spiro atoms. The zero-order valence-corrected chi connectivity index (χ0v) is 10.7. The molecule has 18 heavy (non-hydrogen) atoms. The molecule has 0 amide bonds. The first-order valence-electron chi connectivity index (χ1n) is 5.98. The minimum absolute atomic E-state index is 0.260. The van der Waals surface area contributed by atoms with Gasteiger partial charge in [0.15, 0.2) is 0 Å². The molecule has 1 aromatic rings. The molecule has 0 aromatic heterocycles. The SMILES string of the molecule is OCC(O)C(O)CC1OCCc2cc(Cl)ccc21. The van der Waals surface area contributed by atoms with E-state index in [9.17, 15) is 10.2 Å². The molecule has 0 saturated carbocycles. The molecular weight excluding hydrogens is 256 g/mol. The largest absolute Gasteiger partial charge is 0.394 e. The van der Waals surface area contributed by atoms with Gasteiger partial charge in [0, 0.05) is 11.4 Å². The molecule has 100 valence electrons. The molecule has 0 bridgehead atoms. The quantitative estimate of drug-likeness (QED) is 0.767. The lowest BCUT2D eigenvalue weighted by Crippen LogP contribution is -2.32. The highest BCUT2D eigenvalue weighted by molar-refractivity contribution is 6.30. The predicted octanol–water partition coefficient (Wildman–Crippen LogP) is 1.06. The Bertz CT molecular complexity index is 410. The Labute approximate surface area is 111 Å². The summed E-state index contributed by atoms with van der Waals surface area (Å²) in [6, 6.07) is 5.58. The third-order valence-electron chi connectivity index (χ3n) is 3.23. The molecule has 4 nitrogen and oxygen atoms in total. The summed E-state index contributed by atoms with van der Waals surface area (Å²) in [6.45, 7) is 0.112. The van der Waals surface area contributed by atoms with Gasteiger partial charge in [-0.15, -0.1) is 0 Å². The molecule has 1 aliphatic heterocycles. The summed E-state index contributed by atoms with van der Waals surface area (Å²) in [5.74, 6) is 0. The minimum atomic E-state index is -1.13. The molecule has 2 rings (SSSR count). The topological polar surface area (TPSA) is 69.9 Å². The second-order valence-electron chi connectivity index (χ2n) is 4.51. The molecule has 3 N–H and O–H groups in total. The van der Waals surface area contributed by atoms with Crippen LogP contribution in [-0.2, 0) is 11.2 Å². The Morgan fingerprint density at radius 1 is 1.33 bits per heavy atom. The first kappa shape index (κ1) is 13.8. The molecule has 0 saturated heterocycles. The zero-order chi connectivity index (χ0) is 13.1. The lowest BCUT2D eigenvalue weighted by Gasteiger charge is -2.29. The maximum atomic E-state index is 9.73. The van der Waals surface area contributed by atoms with Crippen LogP contribution in [0.2, 0.25) is 5.02 Å². The number of aliphatic hydroxyl groups excluding tert-OH is 3. The van der Waals surface area contributed by atoms with Crippen molar-refractivity contribution >= 4 is 11.6 Å². The molecule has 0 aliphatic carbocycles. The first-order valence-corrected chi connectivity index (χ1v) is 6.36. The molecule has 1 aliphatic rings. The van der Waals surface area contributed by atoms with Crippen LogP contribution in [0.5, 0.6) is 0 Å². The van der Waals surface area contributed by atoms with Gasteiger partial charge in [0.05, 0.1) is 25.4 Å². The van der Waals surface area contributed by atoms with E-state index in [0.717, 1.165) is 17.5 Å². The number of hydrogen-bond acceptors (Lipinski definition) is 4. The van der Waals surface area contributed by atoms with Crippen LogP contribution in [0, 0.1) is 0 Å². The van der Waals surface area contributed by atoms with Crippen LogP contribution in [0.3, 0.4) is 0 Å². The number of benzene rings is 1. The van der Waals surface area contributed by atoms with Crippen molar-refractivity contribution in [3.8, 4) is 0 Å². The van der Waals surface area contributed by atoms with Crippen molar-refractivity contribution in [2.45, 2.75) is 31.2 Å². The molecule has 0 radical (unpaired) electrons. The lowest BCUT2D eigenvalue weighted by molar-refractivity contribution is -0.0552. The van der Waals surface area contributed by atoms with Crippen LogP contribution in [0.15, 0.2) is 18.2 Å². The molecular formula is C13H17ClO4. The van der Waals surface area contributed by atoms with Crippen molar-refractivity contribution in [1.82, 2.24) is 0 Å². The van der Waals surface area contributed by atoms with Crippen molar-refractivity contribution in [3.05, 3.63) is 34.3 Å². The Balaban J connectivity index is 2.12. The van der Waals surface area contributed by atoms with E-state index in [-0.39, 0.29) is 12.5 Å². The number of halogens is 1. The van der Waals surface area contributed by atoms with Crippen molar-refractivity contribution < 1.29 is 20.1 Å². The van der Waals surface area contributed by atoms with Gasteiger partial charge in [-0.25, -0.2) is 0 Å². The van der Waals surface area contributed by atoms with Gasteiger partial charge in [-0.1, -0.05) is 17.7 Å². The molecule has 5 heteroatoms. The minimum Gasteiger partial charge on any atom is -0.394 e. The summed E-state index contributed by atoms with van der Waals surface area (Å²) in [5.41, 5.74) is 2.11. The van der Waals surface area contributed by atoms with Gasteiger partial charge in [0.25, 0.3) is 0 Å². The summed E-state index contributed by atoms with van der Waals surface area (Å²) in [6.07, 6.45) is -1.34. The summed E-state index contributed by atoms with van der Waals surface area (Å²) >= 11 is 5.94. The van der Waals surface area contributed by atoms with Gasteiger partial charge < -0.3 is 20.1 Å². The van der Waals surface area contributed by atoms with E-state index >= 15 is 0 Å². The van der Waals surface area contributed by atoms with E-state index in [1.807, 2.05) is 12.1 Å². The maximum absolute atomic E-state index is 9.73. The predicted molar refractivity (Wildman–Crippen MR) is 67.6 cm³/mol. The normalized spacial score (nSPS) is 22.3. The zero-order valence-electron chi connectivity index (χ0n) is 9.92. The first-order chi connectivity index (χ1) is 8.61. The molecule has 0 fully saturated rings. The second-order valence-corrected chi connectivity index (χ2v) is 4.94. The third-order valence-corrected chi connectivity index (χ3v) is 3.46. The lowest BCUT2D eigenvalue weighted by atomic mass is 9.93. The van der Waals surface area contributed by atoms with Gasteiger partial charge in [0.1, 0.15) is 6.10 Å². The smallest absolute Gasteiger partial charge is 0.103 e. The number of fused-ring (bicyclic) bond motifs is 1. The average Bonchev–Trinajstić information content (AvgIpc) is 2.37. The average molecular weight is 273 g/mol. The van der Waals surface area contributed by atoms with Gasteiger partial charge in [-0.3, -0.25) is 0 Å². The number of ether oxygens (including phenoxy) is 1. The summed E-state index contributed by atoms with van der Waals surface area (Å²) in [5, 5.41) is 28.6. The van der Waals surface area contributed by atoms with Crippen LogP contribution in [0.25, 0.3) is 0 Å². The summed E-state index contributed by atoms with van der Waals surface area (Å²) in [4.78, 5) is 0. The van der Waals surface area contributed by atoms with Crippen molar-refractivity contribution in [2.75, 3.05) is 13.2 Å². The van der Waals surface area contributed by atoms with Crippen molar-refractivity contribution in [1.29, 1.82) is 0 Å². The number of aliphatic hydroxyl groups is 3. The van der Waals surface area contributed by atoms with E-state index in [4.69, 9.17) is 21.4 Å². The molecule has 3 atom stereocenters. The van der Waals surface area contributed by atoms with Crippen LogP contribution in [-0.4, -0.2) is 40.7 Å². The highest BCUT2D eigenvalue weighted by Crippen LogP contribution is 2.32. The fourth-order valence-corrected chi connectivity index (χ4v) is 2.39. The van der Waals surface area contributed by atoms with Crippen molar-refractivity contribution in [3.63, 3.8) is 0 Å². The van der Waals surface area contributed by atoms with E-state index in [1.54, 1.807) is 6.07 Å². The van der Waals surface area contributed by atoms with Crippen LogP contribution in [0.4, 0.5) is 0 Å². The van der Waals surface area contributed by atoms with Gasteiger partial charge >= 0.3 is 0 Å². The van der Waals surface area contributed by atoms with Crippen LogP contribution < -0.4 is 0 Å². The standard InChI is InChI=1S/C13H17ClO4/c14-9-1-2-10-8(5-9)3-4-18-13(10)6-11(16)12(17)7-15/h1-2,5,11-13,15-17H,3-4,6-7H2. The highest BCUT2D eigenvalue weighted by Gasteiger charge is 2.26. The van der Waals surface area contributed by atoms with Gasteiger partial charge in [-0.05, 0) is 29.7 Å². The van der Waals surface area contributed by atoms with Crippen LogP contribution in [0.1, 0.15) is 23.7 Å². The highest BCUT2D eigenvalue weighted by atomic mass is 35.5. The fourth-order valence-electron chi connectivity index (χ4n) is 2.20. The van der Waals surface area contributed by atoms with Crippen molar-refractivity contribution in [2.24, 2.45) is 0 Å².